The van der Waals surface area contributed by atoms with Gasteiger partial charge in [-0.2, -0.15) is 0 Å². The molecule has 0 aromatic carbocycles. The molecule has 0 bridgehead atoms. The lowest BCUT2D eigenvalue weighted by Gasteiger charge is -2.19. The Morgan fingerprint density at radius 2 is 2.15 bits per heavy atom. The molecule has 0 saturated carbocycles. The summed E-state index contributed by atoms with van der Waals surface area (Å²) >= 11 is 6.95. The predicted molar refractivity (Wildman–Crippen MR) is 85.5 cm³/mol. The van der Waals surface area contributed by atoms with Gasteiger partial charge in [-0.15, -0.1) is 0 Å². The van der Waals surface area contributed by atoms with E-state index in [-0.39, 0.29) is 0 Å². The molecule has 1 aliphatic heterocycles. The quantitative estimate of drug-likeness (QED) is 0.844. The van der Waals surface area contributed by atoms with E-state index >= 15 is 0 Å². The molecular weight excluding hydrogens is 384 g/mol. The normalized spacial score (nSPS) is 14.2. The first-order chi connectivity index (χ1) is 9.69. The van der Waals surface area contributed by atoms with E-state index in [0.717, 1.165) is 52.0 Å². The summed E-state index contributed by atoms with van der Waals surface area (Å²) in [6.07, 6.45) is 3.70. The SMILES string of the molecule is CCc1nc(-c2ncc(Br)cc2Br)nc2c1CCNC2. The second-order valence-corrected chi connectivity index (χ2v) is 6.45. The minimum absolute atomic E-state index is 0.698. The predicted octanol–water partition coefficient (Wildman–Crippen LogP) is 3.27. The van der Waals surface area contributed by atoms with Gasteiger partial charge in [-0.05, 0) is 62.9 Å². The molecule has 0 fully saturated rings. The van der Waals surface area contributed by atoms with Crippen molar-refractivity contribution in [3.8, 4) is 11.5 Å². The van der Waals surface area contributed by atoms with Gasteiger partial charge >= 0.3 is 0 Å². The first-order valence-corrected chi connectivity index (χ1v) is 8.18. The Morgan fingerprint density at radius 3 is 2.90 bits per heavy atom. The first-order valence-electron chi connectivity index (χ1n) is 6.60. The molecule has 0 radical (unpaired) electrons. The molecule has 0 unspecified atom stereocenters. The van der Waals surface area contributed by atoms with E-state index in [1.807, 2.05) is 6.07 Å². The van der Waals surface area contributed by atoms with Crippen molar-refractivity contribution in [2.24, 2.45) is 0 Å². The Hall–Kier alpha value is -0.850. The maximum Gasteiger partial charge on any atom is 0.179 e. The lowest BCUT2D eigenvalue weighted by Crippen LogP contribution is -2.26. The highest BCUT2D eigenvalue weighted by Gasteiger charge is 2.18. The zero-order valence-electron chi connectivity index (χ0n) is 11.1. The van der Waals surface area contributed by atoms with Gasteiger partial charge in [-0.3, -0.25) is 4.98 Å². The Bertz CT molecular complexity index is 641. The highest BCUT2D eigenvalue weighted by Crippen LogP contribution is 2.28. The number of nitrogens with zero attached hydrogens (tertiary/aromatic N) is 3. The maximum atomic E-state index is 4.72. The Balaban J connectivity index is 2.14. The lowest BCUT2D eigenvalue weighted by molar-refractivity contribution is 0.616. The van der Waals surface area contributed by atoms with Gasteiger partial charge in [0.15, 0.2) is 5.82 Å². The smallest absolute Gasteiger partial charge is 0.179 e. The van der Waals surface area contributed by atoms with Crippen molar-refractivity contribution in [1.29, 1.82) is 0 Å². The van der Waals surface area contributed by atoms with Crippen molar-refractivity contribution < 1.29 is 0 Å². The number of pyridine rings is 1. The standard InChI is InChI=1S/C14H14Br2N4/c1-2-11-9-3-4-17-7-12(9)20-14(19-11)13-10(16)5-8(15)6-18-13/h5-6,17H,2-4,7H2,1H3. The number of hydrogen-bond donors (Lipinski definition) is 1. The largest absolute Gasteiger partial charge is 0.311 e. The van der Waals surface area contributed by atoms with E-state index < -0.39 is 0 Å². The number of fused-ring (bicyclic) bond motifs is 1. The molecule has 2 aromatic heterocycles. The fourth-order valence-corrected chi connectivity index (χ4v) is 3.58. The molecule has 0 aliphatic carbocycles. The summed E-state index contributed by atoms with van der Waals surface area (Å²) in [6, 6.07) is 1.97. The molecule has 1 aliphatic rings. The van der Waals surface area contributed by atoms with Gasteiger partial charge in [0.25, 0.3) is 0 Å². The fourth-order valence-electron chi connectivity index (χ4n) is 2.41. The molecule has 0 atom stereocenters. The Labute approximate surface area is 134 Å². The van der Waals surface area contributed by atoms with E-state index in [4.69, 9.17) is 9.97 Å². The van der Waals surface area contributed by atoms with Gasteiger partial charge in [0.2, 0.25) is 0 Å². The summed E-state index contributed by atoms with van der Waals surface area (Å²) < 4.78 is 1.83. The number of rotatable bonds is 2. The summed E-state index contributed by atoms with van der Waals surface area (Å²) in [5.41, 5.74) is 4.34. The van der Waals surface area contributed by atoms with Gasteiger partial charge in [0.1, 0.15) is 5.69 Å². The zero-order chi connectivity index (χ0) is 14.1. The summed E-state index contributed by atoms with van der Waals surface area (Å²) in [4.78, 5) is 13.9. The fraction of sp³-hybridized carbons (Fsp3) is 0.357. The van der Waals surface area contributed by atoms with E-state index in [0.29, 0.717) is 5.82 Å². The van der Waals surface area contributed by atoms with Gasteiger partial charge < -0.3 is 5.32 Å². The van der Waals surface area contributed by atoms with Crippen LogP contribution >= 0.6 is 31.9 Å². The monoisotopic (exact) mass is 396 g/mol. The molecule has 3 rings (SSSR count). The molecule has 0 spiro atoms. The minimum Gasteiger partial charge on any atom is -0.311 e. The number of aryl methyl sites for hydroxylation is 1. The molecule has 4 nitrogen and oxygen atoms in total. The van der Waals surface area contributed by atoms with E-state index in [9.17, 15) is 0 Å². The van der Waals surface area contributed by atoms with E-state index in [1.54, 1.807) is 6.20 Å². The molecular formula is C14H14Br2N4. The molecule has 20 heavy (non-hydrogen) atoms. The zero-order valence-corrected chi connectivity index (χ0v) is 14.3. The second-order valence-electron chi connectivity index (χ2n) is 4.68. The van der Waals surface area contributed by atoms with Gasteiger partial charge in [-0.25, -0.2) is 9.97 Å². The van der Waals surface area contributed by atoms with Crippen molar-refractivity contribution in [1.82, 2.24) is 20.3 Å². The van der Waals surface area contributed by atoms with Crippen LogP contribution < -0.4 is 5.32 Å². The van der Waals surface area contributed by atoms with Crippen LogP contribution in [0.5, 0.6) is 0 Å². The third kappa shape index (κ3) is 2.64. The number of aromatic nitrogens is 3. The Kier molecular flexibility index (Phi) is 4.14. The highest BCUT2D eigenvalue weighted by molar-refractivity contribution is 9.11. The molecule has 0 saturated heterocycles. The first kappa shape index (κ1) is 14.1. The van der Waals surface area contributed by atoms with Crippen molar-refractivity contribution in [2.75, 3.05) is 6.54 Å². The van der Waals surface area contributed by atoms with E-state index in [1.165, 1.54) is 5.56 Å². The molecule has 2 aromatic rings. The van der Waals surface area contributed by atoms with Crippen molar-refractivity contribution in [3.63, 3.8) is 0 Å². The van der Waals surface area contributed by atoms with Gasteiger partial charge in [0, 0.05) is 27.4 Å². The average molecular weight is 398 g/mol. The molecule has 0 amide bonds. The highest BCUT2D eigenvalue weighted by atomic mass is 79.9. The summed E-state index contributed by atoms with van der Waals surface area (Å²) in [5, 5.41) is 3.36. The third-order valence-electron chi connectivity index (χ3n) is 3.38. The van der Waals surface area contributed by atoms with E-state index in [2.05, 4.69) is 49.1 Å². The van der Waals surface area contributed by atoms with Crippen LogP contribution in [-0.4, -0.2) is 21.5 Å². The van der Waals surface area contributed by atoms with Gasteiger partial charge in [0.05, 0.1) is 5.69 Å². The molecule has 6 heteroatoms. The van der Waals surface area contributed by atoms with Crippen LogP contribution in [0.4, 0.5) is 0 Å². The van der Waals surface area contributed by atoms with Crippen LogP contribution in [-0.2, 0) is 19.4 Å². The summed E-state index contributed by atoms with van der Waals surface area (Å²) in [5.74, 6) is 0.698. The second kappa shape index (κ2) is 5.87. The van der Waals surface area contributed by atoms with Crippen molar-refractivity contribution >= 4 is 31.9 Å². The molecule has 104 valence electrons. The number of halogens is 2. The molecule has 1 N–H and O–H groups in total. The number of hydrogen-bond acceptors (Lipinski definition) is 4. The van der Waals surface area contributed by atoms with Crippen LogP contribution in [0.3, 0.4) is 0 Å². The maximum absolute atomic E-state index is 4.72. The number of nitrogens with one attached hydrogen (secondary N) is 1. The van der Waals surface area contributed by atoms with Crippen LogP contribution in [0, 0.1) is 0 Å². The summed E-state index contributed by atoms with van der Waals surface area (Å²) in [6.45, 7) is 3.95. The topological polar surface area (TPSA) is 50.7 Å². The molecule has 3 heterocycles. The van der Waals surface area contributed by atoms with Crippen molar-refractivity contribution in [2.45, 2.75) is 26.3 Å². The van der Waals surface area contributed by atoms with Crippen molar-refractivity contribution in [3.05, 3.63) is 38.2 Å². The van der Waals surface area contributed by atoms with Gasteiger partial charge in [-0.1, -0.05) is 6.92 Å². The summed E-state index contributed by atoms with van der Waals surface area (Å²) in [7, 11) is 0. The van der Waals surface area contributed by atoms with Crippen LogP contribution in [0.1, 0.15) is 23.9 Å². The van der Waals surface area contributed by atoms with Crippen LogP contribution in [0.15, 0.2) is 21.2 Å². The Morgan fingerprint density at radius 1 is 1.30 bits per heavy atom. The third-order valence-corrected chi connectivity index (χ3v) is 4.42. The van der Waals surface area contributed by atoms with Crippen LogP contribution in [0.2, 0.25) is 0 Å². The van der Waals surface area contributed by atoms with Crippen LogP contribution in [0.25, 0.3) is 11.5 Å². The minimum atomic E-state index is 0.698. The lowest BCUT2D eigenvalue weighted by atomic mass is 10.0. The average Bonchev–Trinajstić information content (AvgIpc) is 2.46.